The van der Waals surface area contributed by atoms with Crippen LogP contribution in [0.15, 0.2) is 18.2 Å². The largest absolute Gasteiger partial charge is 0.341 e. The van der Waals surface area contributed by atoms with E-state index in [9.17, 15) is 18.0 Å². The zero-order valence-electron chi connectivity index (χ0n) is 12.3. The molecule has 1 aromatic carbocycles. The van der Waals surface area contributed by atoms with Crippen LogP contribution in [0, 0.1) is 0 Å². The highest BCUT2D eigenvalue weighted by Gasteiger charge is 2.32. The average Bonchev–Trinajstić information content (AvgIpc) is 2.98. The normalized spacial score (nSPS) is 22.2. The van der Waals surface area contributed by atoms with Gasteiger partial charge in [-0.25, -0.2) is 8.42 Å². The van der Waals surface area contributed by atoms with Gasteiger partial charge in [-0.2, -0.15) is 0 Å². The van der Waals surface area contributed by atoms with Gasteiger partial charge in [0.15, 0.2) is 9.84 Å². The number of carbonyl (C=O) groups excluding carboxylic acids is 2. The highest BCUT2D eigenvalue weighted by atomic mass is 32.2. The third-order valence-corrected chi connectivity index (χ3v) is 6.05. The summed E-state index contributed by atoms with van der Waals surface area (Å²) in [7, 11) is -1.34. The molecule has 0 aliphatic carbocycles. The standard InChI is InChI=1S/C15H18N2O4S/c1-17(12-4-5-22(20,21)9-12)15(19)7-10-2-3-13-11(6-10)8-14(18)16-13/h2-3,6,12H,4-5,7-9H2,1H3,(H,16,18). The summed E-state index contributed by atoms with van der Waals surface area (Å²) in [6.07, 6.45) is 1.07. The van der Waals surface area contributed by atoms with Gasteiger partial charge in [0.25, 0.3) is 0 Å². The molecule has 6 nitrogen and oxygen atoms in total. The number of carbonyl (C=O) groups is 2. The van der Waals surface area contributed by atoms with Crippen molar-refractivity contribution in [1.82, 2.24) is 4.90 Å². The van der Waals surface area contributed by atoms with Gasteiger partial charge in [0, 0.05) is 18.8 Å². The van der Waals surface area contributed by atoms with E-state index in [1.807, 2.05) is 18.2 Å². The highest BCUT2D eigenvalue weighted by Crippen LogP contribution is 2.24. The molecule has 0 saturated carbocycles. The molecular formula is C15H18N2O4S. The lowest BCUT2D eigenvalue weighted by atomic mass is 10.0. The Morgan fingerprint density at radius 2 is 2.18 bits per heavy atom. The SMILES string of the molecule is CN(C(=O)Cc1ccc2c(c1)CC(=O)N2)C1CCS(=O)(=O)C1. The molecule has 1 N–H and O–H groups in total. The monoisotopic (exact) mass is 322 g/mol. The number of hydrogen-bond acceptors (Lipinski definition) is 4. The molecule has 0 bridgehead atoms. The number of sulfone groups is 1. The van der Waals surface area contributed by atoms with E-state index < -0.39 is 9.84 Å². The van der Waals surface area contributed by atoms with E-state index in [2.05, 4.69) is 5.32 Å². The first-order chi connectivity index (χ1) is 10.3. The molecule has 1 aromatic rings. The molecule has 1 atom stereocenters. The minimum absolute atomic E-state index is 0.0354. The fraction of sp³-hybridized carbons (Fsp3) is 0.467. The molecule has 3 rings (SSSR count). The Balaban J connectivity index is 1.67. The Morgan fingerprint density at radius 1 is 1.41 bits per heavy atom. The van der Waals surface area contributed by atoms with Gasteiger partial charge in [-0.05, 0) is 23.6 Å². The van der Waals surface area contributed by atoms with E-state index in [1.165, 1.54) is 0 Å². The number of rotatable bonds is 3. The number of fused-ring (bicyclic) bond motifs is 1. The number of benzene rings is 1. The zero-order chi connectivity index (χ0) is 15.9. The number of hydrogen-bond donors (Lipinski definition) is 1. The smallest absolute Gasteiger partial charge is 0.228 e. The van der Waals surface area contributed by atoms with Crippen LogP contribution in [0.5, 0.6) is 0 Å². The molecular weight excluding hydrogens is 304 g/mol. The highest BCUT2D eigenvalue weighted by molar-refractivity contribution is 7.91. The van der Waals surface area contributed by atoms with Crippen molar-refractivity contribution >= 4 is 27.3 Å². The van der Waals surface area contributed by atoms with Crippen LogP contribution < -0.4 is 5.32 Å². The predicted octanol–water partition coefficient (Wildman–Crippen LogP) is 0.369. The van der Waals surface area contributed by atoms with Crippen LogP contribution in [0.3, 0.4) is 0 Å². The summed E-state index contributed by atoms with van der Waals surface area (Å²) < 4.78 is 23.0. The molecule has 0 spiro atoms. The van der Waals surface area contributed by atoms with E-state index in [0.29, 0.717) is 12.8 Å². The molecule has 118 valence electrons. The maximum absolute atomic E-state index is 12.3. The molecule has 1 saturated heterocycles. The van der Waals surface area contributed by atoms with Crippen molar-refractivity contribution in [3.63, 3.8) is 0 Å². The quantitative estimate of drug-likeness (QED) is 0.871. The molecule has 1 unspecified atom stereocenters. The summed E-state index contributed by atoms with van der Waals surface area (Å²) in [6, 6.07) is 5.27. The number of nitrogens with zero attached hydrogens (tertiary/aromatic N) is 1. The maximum atomic E-state index is 12.3. The van der Waals surface area contributed by atoms with Crippen LogP contribution >= 0.6 is 0 Å². The molecule has 2 aliphatic rings. The zero-order valence-corrected chi connectivity index (χ0v) is 13.1. The number of amides is 2. The second kappa shape index (κ2) is 5.39. The first kappa shape index (κ1) is 15.0. The Hall–Kier alpha value is -1.89. The van der Waals surface area contributed by atoms with Gasteiger partial charge in [-0.15, -0.1) is 0 Å². The van der Waals surface area contributed by atoms with Crippen molar-refractivity contribution in [2.75, 3.05) is 23.9 Å². The summed E-state index contributed by atoms with van der Waals surface area (Å²) in [5, 5.41) is 2.75. The second-order valence-electron chi connectivity index (χ2n) is 5.95. The van der Waals surface area contributed by atoms with E-state index in [0.717, 1.165) is 16.8 Å². The molecule has 7 heteroatoms. The molecule has 22 heavy (non-hydrogen) atoms. The number of nitrogens with one attached hydrogen (secondary N) is 1. The van der Waals surface area contributed by atoms with Crippen molar-refractivity contribution in [2.45, 2.75) is 25.3 Å². The van der Waals surface area contributed by atoms with Gasteiger partial charge < -0.3 is 10.2 Å². The van der Waals surface area contributed by atoms with Gasteiger partial charge in [-0.1, -0.05) is 12.1 Å². The van der Waals surface area contributed by atoms with Crippen molar-refractivity contribution < 1.29 is 18.0 Å². The van der Waals surface area contributed by atoms with Crippen LogP contribution in [0.4, 0.5) is 5.69 Å². The predicted molar refractivity (Wildman–Crippen MR) is 82.3 cm³/mol. The molecule has 1 fully saturated rings. The lowest BCUT2D eigenvalue weighted by Gasteiger charge is -2.23. The number of likely N-dealkylation sites (N-methyl/N-ethyl adjacent to an activating group) is 1. The lowest BCUT2D eigenvalue weighted by molar-refractivity contribution is -0.130. The minimum atomic E-state index is -3.00. The van der Waals surface area contributed by atoms with E-state index in [1.54, 1.807) is 11.9 Å². The first-order valence-corrected chi connectivity index (χ1v) is 9.04. The van der Waals surface area contributed by atoms with Gasteiger partial charge in [-0.3, -0.25) is 9.59 Å². The van der Waals surface area contributed by atoms with Crippen LogP contribution in [0.2, 0.25) is 0 Å². The summed E-state index contributed by atoms with van der Waals surface area (Å²) in [4.78, 5) is 25.2. The Morgan fingerprint density at radius 3 is 2.86 bits per heavy atom. The Kier molecular flexibility index (Phi) is 3.68. The molecule has 0 radical (unpaired) electrons. The van der Waals surface area contributed by atoms with Crippen LogP contribution in [0.1, 0.15) is 17.5 Å². The van der Waals surface area contributed by atoms with Gasteiger partial charge in [0.05, 0.1) is 24.3 Å². The molecule has 2 amide bonds. The van der Waals surface area contributed by atoms with E-state index in [-0.39, 0.29) is 35.8 Å². The van der Waals surface area contributed by atoms with Gasteiger partial charge >= 0.3 is 0 Å². The third kappa shape index (κ3) is 2.99. The minimum Gasteiger partial charge on any atom is -0.341 e. The molecule has 2 aliphatic heterocycles. The van der Waals surface area contributed by atoms with Crippen molar-refractivity contribution in [3.8, 4) is 0 Å². The first-order valence-electron chi connectivity index (χ1n) is 7.22. The average molecular weight is 322 g/mol. The number of anilines is 1. The van der Waals surface area contributed by atoms with Crippen LogP contribution in [-0.2, 0) is 32.3 Å². The Bertz CT molecular complexity index is 742. The maximum Gasteiger partial charge on any atom is 0.228 e. The summed E-state index contributed by atoms with van der Waals surface area (Å²) in [6.45, 7) is 0. The van der Waals surface area contributed by atoms with Crippen LogP contribution in [-0.4, -0.2) is 49.7 Å². The summed E-state index contributed by atoms with van der Waals surface area (Å²) >= 11 is 0. The van der Waals surface area contributed by atoms with Crippen molar-refractivity contribution in [1.29, 1.82) is 0 Å². The topological polar surface area (TPSA) is 83.6 Å². The van der Waals surface area contributed by atoms with Crippen molar-refractivity contribution in [2.24, 2.45) is 0 Å². The Labute approximate surface area is 129 Å². The van der Waals surface area contributed by atoms with Crippen molar-refractivity contribution in [3.05, 3.63) is 29.3 Å². The third-order valence-electron chi connectivity index (χ3n) is 4.30. The van der Waals surface area contributed by atoms with Gasteiger partial charge in [0.1, 0.15) is 0 Å². The summed E-state index contributed by atoms with van der Waals surface area (Å²) in [5.74, 6) is 0.0748. The second-order valence-corrected chi connectivity index (χ2v) is 8.18. The fourth-order valence-corrected chi connectivity index (χ4v) is 4.75. The van der Waals surface area contributed by atoms with E-state index >= 15 is 0 Å². The fourth-order valence-electron chi connectivity index (χ4n) is 2.98. The summed E-state index contributed by atoms with van der Waals surface area (Å²) in [5.41, 5.74) is 2.55. The van der Waals surface area contributed by atoms with Gasteiger partial charge in [0.2, 0.25) is 11.8 Å². The molecule has 2 heterocycles. The van der Waals surface area contributed by atoms with E-state index in [4.69, 9.17) is 0 Å². The lowest BCUT2D eigenvalue weighted by Crippen LogP contribution is -2.38. The molecule has 0 aromatic heterocycles. The van der Waals surface area contributed by atoms with Crippen LogP contribution in [0.25, 0.3) is 0 Å².